The third-order valence-corrected chi connectivity index (χ3v) is 1.86. The smallest absolute Gasteiger partial charge is 0.265 e. The first-order chi connectivity index (χ1) is 5.52. The van der Waals surface area contributed by atoms with Crippen LogP contribution in [-0.4, -0.2) is 8.96 Å². The average Bonchev–Trinajstić information content (AvgIpc) is 1.96. The Balaban J connectivity index is 3.38. The lowest BCUT2D eigenvalue weighted by atomic mass is 10.2. The van der Waals surface area contributed by atoms with E-state index in [1.165, 1.54) is 10.0 Å². The van der Waals surface area contributed by atoms with E-state index in [4.69, 9.17) is 5.73 Å². The molecule has 0 saturated carbocycles. The van der Waals surface area contributed by atoms with Crippen molar-refractivity contribution in [1.82, 2.24) is 8.96 Å². The molecule has 4 nitrogen and oxygen atoms in total. The summed E-state index contributed by atoms with van der Waals surface area (Å²) in [5, 5.41) is 0. The minimum absolute atomic E-state index is 0.138. The molecule has 0 atom stereocenters. The maximum atomic E-state index is 11.1. The van der Waals surface area contributed by atoms with Crippen molar-refractivity contribution < 1.29 is 0 Å². The van der Waals surface area contributed by atoms with Crippen molar-refractivity contribution >= 4 is 18.6 Å². The van der Waals surface area contributed by atoms with Crippen molar-refractivity contribution in [3.05, 3.63) is 22.2 Å². The van der Waals surface area contributed by atoms with Gasteiger partial charge in [0.25, 0.3) is 5.56 Å². The first-order valence-corrected chi connectivity index (χ1v) is 4.01. The van der Waals surface area contributed by atoms with E-state index >= 15 is 0 Å². The Morgan fingerprint density at radius 2 is 2.25 bits per heavy atom. The zero-order chi connectivity index (χ0) is 9.30. The molecule has 12 heavy (non-hydrogen) atoms. The molecule has 2 N–H and O–H groups in total. The van der Waals surface area contributed by atoms with Crippen LogP contribution in [0.15, 0.2) is 10.9 Å². The number of nitrogens with two attached hydrogens (primary N) is 1. The fourth-order valence-electron chi connectivity index (χ4n) is 0.886. The molecule has 0 saturated heterocycles. The summed E-state index contributed by atoms with van der Waals surface area (Å²) in [6.07, 6.45) is 0. The van der Waals surface area contributed by atoms with Crippen LogP contribution in [0.5, 0.6) is 0 Å². The van der Waals surface area contributed by atoms with Gasteiger partial charge >= 0.3 is 0 Å². The van der Waals surface area contributed by atoms with Crippen molar-refractivity contribution in [3.8, 4) is 0 Å². The van der Waals surface area contributed by atoms with Crippen LogP contribution in [-0.2, 0) is 0 Å². The maximum absolute atomic E-state index is 11.1. The van der Waals surface area contributed by atoms with E-state index in [9.17, 15) is 4.79 Å². The van der Waals surface area contributed by atoms with E-state index in [0.29, 0.717) is 5.82 Å². The highest BCUT2D eigenvalue weighted by Crippen LogP contribution is 2.11. The molecule has 0 unspecified atom stereocenters. The fraction of sp³-hybridized carbons (Fsp3) is 0.429. The molecule has 0 aromatic carbocycles. The maximum Gasteiger partial charge on any atom is 0.265 e. The Morgan fingerprint density at radius 3 is 2.75 bits per heavy atom. The number of thiol groups is 1. The Hall–Kier alpha value is -0.970. The van der Waals surface area contributed by atoms with Crippen LogP contribution in [0.3, 0.4) is 0 Å². The number of anilines is 1. The Labute approximate surface area is 76.0 Å². The van der Waals surface area contributed by atoms with Gasteiger partial charge in [-0.15, -0.1) is 0 Å². The number of nitrogens with zero attached hydrogens (tertiary/aromatic N) is 2. The Kier molecular flexibility index (Phi) is 2.42. The molecule has 1 rings (SSSR count). The van der Waals surface area contributed by atoms with Gasteiger partial charge in [-0.2, -0.15) is 0 Å². The summed E-state index contributed by atoms with van der Waals surface area (Å²) in [6.45, 7) is 3.85. The molecule has 0 aliphatic heterocycles. The van der Waals surface area contributed by atoms with Crippen LogP contribution in [0.2, 0.25) is 0 Å². The Morgan fingerprint density at radius 1 is 1.67 bits per heavy atom. The molecule has 0 spiro atoms. The summed E-state index contributed by atoms with van der Waals surface area (Å²) in [7, 11) is 0. The summed E-state index contributed by atoms with van der Waals surface area (Å²) in [6, 6.07) is 1.25. The van der Waals surface area contributed by atoms with Crippen LogP contribution in [0.25, 0.3) is 0 Å². The molecule has 5 heteroatoms. The molecule has 0 aliphatic rings. The summed E-state index contributed by atoms with van der Waals surface area (Å²) in [5.74, 6) is 0.969. The SMILES string of the molecule is CC(C)c1nc(N)cc(=O)n1S. The van der Waals surface area contributed by atoms with Gasteiger partial charge in [0.1, 0.15) is 11.6 Å². The quantitative estimate of drug-likeness (QED) is 0.631. The van der Waals surface area contributed by atoms with Gasteiger partial charge in [-0.25, -0.2) is 8.96 Å². The highest BCUT2D eigenvalue weighted by Gasteiger charge is 2.07. The van der Waals surface area contributed by atoms with E-state index in [2.05, 4.69) is 17.8 Å². The second kappa shape index (κ2) is 3.18. The van der Waals surface area contributed by atoms with Gasteiger partial charge in [-0.3, -0.25) is 4.79 Å². The van der Waals surface area contributed by atoms with Gasteiger partial charge in [0.15, 0.2) is 0 Å². The summed E-state index contributed by atoms with van der Waals surface area (Å²) in [4.78, 5) is 15.1. The number of aromatic nitrogens is 2. The van der Waals surface area contributed by atoms with E-state index in [1.807, 2.05) is 13.8 Å². The van der Waals surface area contributed by atoms with Gasteiger partial charge in [0, 0.05) is 12.0 Å². The molecule has 1 aromatic rings. The zero-order valence-corrected chi connectivity index (χ0v) is 7.88. The standard InChI is InChI=1S/C7H11N3OS/c1-4(2)7-9-5(8)3-6(11)10(7)12/h3-4,12H,8H2,1-2H3. The van der Waals surface area contributed by atoms with E-state index in [0.717, 1.165) is 0 Å². The largest absolute Gasteiger partial charge is 0.383 e. The monoisotopic (exact) mass is 185 g/mol. The summed E-state index contributed by atoms with van der Waals surface area (Å²) < 4.78 is 1.21. The molecular weight excluding hydrogens is 174 g/mol. The van der Waals surface area contributed by atoms with Crippen molar-refractivity contribution in [2.45, 2.75) is 19.8 Å². The highest BCUT2D eigenvalue weighted by atomic mass is 32.1. The molecule has 0 radical (unpaired) electrons. The fourth-order valence-corrected chi connectivity index (χ4v) is 1.22. The minimum atomic E-state index is -0.241. The van der Waals surface area contributed by atoms with E-state index in [-0.39, 0.29) is 17.3 Å². The highest BCUT2D eigenvalue weighted by molar-refractivity contribution is 7.78. The third-order valence-electron chi connectivity index (χ3n) is 1.46. The van der Waals surface area contributed by atoms with Crippen molar-refractivity contribution in [2.24, 2.45) is 0 Å². The van der Waals surface area contributed by atoms with Gasteiger partial charge in [-0.05, 0) is 0 Å². The lowest BCUT2D eigenvalue weighted by Crippen LogP contribution is -2.19. The molecule has 0 aliphatic carbocycles. The number of hydrogen-bond acceptors (Lipinski definition) is 4. The molecule has 0 fully saturated rings. The van der Waals surface area contributed by atoms with Gasteiger partial charge in [-0.1, -0.05) is 26.7 Å². The first kappa shape index (κ1) is 9.12. The minimum Gasteiger partial charge on any atom is -0.383 e. The molecule has 0 amide bonds. The van der Waals surface area contributed by atoms with Crippen molar-refractivity contribution in [2.75, 3.05) is 5.73 Å². The van der Waals surface area contributed by atoms with Gasteiger partial charge in [0.2, 0.25) is 0 Å². The normalized spacial score (nSPS) is 10.7. The van der Waals surface area contributed by atoms with Crippen LogP contribution >= 0.6 is 12.8 Å². The third kappa shape index (κ3) is 1.61. The zero-order valence-electron chi connectivity index (χ0n) is 6.98. The number of hydrogen-bond donors (Lipinski definition) is 2. The number of nitrogen functional groups attached to an aromatic ring is 1. The topological polar surface area (TPSA) is 60.9 Å². The van der Waals surface area contributed by atoms with Gasteiger partial charge < -0.3 is 5.73 Å². The lowest BCUT2D eigenvalue weighted by Gasteiger charge is -2.08. The molecular formula is C7H11N3OS. The average molecular weight is 185 g/mol. The second-order valence-corrected chi connectivity index (χ2v) is 3.24. The first-order valence-electron chi connectivity index (χ1n) is 3.61. The van der Waals surface area contributed by atoms with E-state index in [1.54, 1.807) is 0 Å². The summed E-state index contributed by atoms with van der Waals surface area (Å²) >= 11 is 3.98. The van der Waals surface area contributed by atoms with Crippen molar-refractivity contribution in [3.63, 3.8) is 0 Å². The number of rotatable bonds is 1. The van der Waals surface area contributed by atoms with Crippen LogP contribution in [0.4, 0.5) is 5.82 Å². The second-order valence-electron chi connectivity index (χ2n) is 2.84. The molecule has 1 heterocycles. The molecule has 0 bridgehead atoms. The predicted molar refractivity (Wildman–Crippen MR) is 51.4 cm³/mol. The van der Waals surface area contributed by atoms with E-state index < -0.39 is 0 Å². The lowest BCUT2D eigenvalue weighted by molar-refractivity contribution is 0.753. The predicted octanol–water partition coefficient (Wildman–Crippen LogP) is 0.642. The van der Waals surface area contributed by atoms with Crippen LogP contribution in [0, 0.1) is 0 Å². The van der Waals surface area contributed by atoms with Crippen molar-refractivity contribution in [1.29, 1.82) is 0 Å². The molecule has 1 aromatic heterocycles. The van der Waals surface area contributed by atoms with Crippen LogP contribution in [0.1, 0.15) is 25.6 Å². The van der Waals surface area contributed by atoms with Crippen LogP contribution < -0.4 is 11.3 Å². The Bertz CT molecular complexity index is 345. The van der Waals surface area contributed by atoms with Gasteiger partial charge in [0.05, 0.1) is 0 Å². The summed E-state index contributed by atoms with van der Waals surface area (Å²) in [5.41, 5.74) is 5.17. The molecule has 66 valence electrons.